The Labute approximate surface area is 158 Å². The van der Waals surface area contributed by atoms with Crippen LogP contribution in [0.1, 0.15) is 41.0 Å². The van der Waals surface area contributed by atoms with Crippen molar-refractivity contribution in [3.63, 3.8) is 0 Å². The summed E-state index contributed by atoms with van der Waals surface area (Å²) in [5, 5.41) is 3.93. The van der Waals surface area contributed by atoms with Gasteiger partial charge < -0.3 is 4.74 Å². The molecular formula is C18H18F3N3O4. The predicted octanol–water partition coefficient (Wildman–Crippen LogP) is 2.75. The number of hydrogen-bond donors (Lipinski definition) is 1. The van der Waals surface area contributed by atoms with Crippen LogP contribution in [0.2, 0.25) is 0 Å². The number of aryl methyl sites for hydroxylation is 1. The minimum Gasteiger partial charge on any atom is -0.350 e. The first kappa shape index (κ1) is 20.0. The van der Waals surface area contributed by atoms with Gasteiger partial charge in [-0.1, -0.05) is 6.07 Å². The van der Waals surface area contributed by atoms with Crippen LogP contribution >= 0.6 is 0 Å². The third kappa shape index (κ3) is 4.57. The summed E-state index contributed by atoms with van der Waals surface area (Å²) in [7, 11) is 0. The van der Waals surface area contributed by atoms with Crippen LogP contribution in [0, 0.1) is 6.92 Å². The van der Waals surface area contributed by atoms with Crippen LogP contribution in [0.5, 0.6) is 0 Å². The first-order valence-electron chi connectivity index (χ1n) is 8.62. The number of benzene rings is 1. The quantitative estimate of drug-likeness (QED) is 0.803. The molecule has 1 N–H and O–H groups in total. The Hall–Kier alpha value is -2.72. The minimum atomic E-state index is -4.53. The van der Waals surface area contributed by atoms with Gasteiger partial charge in [0.05, 0.1) is 11.3 Å². The highest BCUT2D eigenvalue weighted by Crippen LogP contribution is 2.30. The van der Waals surface area contributed by atoms with Gasteiger partial charge in [-0.05, 0) is 38.0 Å². The molecule has 1 aromatic carbocycles. The van der Waals surface area contributed by atoms with E-state index in [1.165, 1.54) is 19.1 Å². The molecule has 1 saturated heterocycles. The molecule has 7 nitrogen and oxygen atoms in total. The van der Waals surface area contributed by atoms with E-state index in [2.05, 4.69) is 10.6 Å². The van der Waals surface area contributed by atoms with Crippen molar-refractivity contribution >= 4 is 5.91 Å². The lowest BCUT2D eigenvalue weighted by Gasteiger charge is -2.22. The average Bonchev–Trinajstić information content (AvgIpc) is 2.66. The number of hydrogen-bond acceptors (Lipinski definition) is 5. The predicted molar refractivity (Wildman–Crippen MR) is 91.7 cm³/mol. The van der Waals surface area contributed by atoms with E-state index in [-0.39, 0.29) is 11.4 Å². The Morgan fingerprint density at radius 3 is 2.79 bits per heavy atom. The van der Waals surface area contributed by atoms with Crippen LogP contribution in [-0.4, -0.2) is 28.6 Å². The zero-order valence-electron chi connectivity index (χ0n) is 15.0. The summed E-state index contributed by atoms with van der Waals surface area (Å²) in [5.41, 5.74) is 0.424. The second-order valence-corrected chi connectivity index (χ2v) is 6.30. The lowest BCUT2D eigenvalue weighted by molar-refractivity contribution is -0.186. The van der Waals surface area contributed by atoms with Gasteiger partial charge in [0.1, 0.15) is 0 Å². The molecule has 1 aromatic heterocycles. The highest BCUT2D eigenvalue weighted by atomic mass is 19.4. The van der Waals surface area contributed by atoms with E-state index in [0.717, 1.165) is 35.7 Å². The summed E-state index contributed by atoms with van der Waals surface area (Å²) in [5.74, 6) is -0.903. The van der Waals surface area contributed by atoms with Crippen molar-refractivity contribution in [1.29, 1.82) is 0 Å². The molecule has 0 aliphatic carbocycles. The number of rotatable bonds is 4. The largest absolute Gasteiger partial charge is 0.416 e. The molecule has 1 aliphatic heterocycles. The number of ether oxygens (including phenoxy) is 1. The fourth-order valence-corrected chi connectivity index (χ4v) is 2.75. The molecular weight excluding hydrogens is 379 g/mol. The standard InChI is InChI=1S/C18H18F3N3O4/c1-11-9-14(25)16(17(26)23-28-15-7-2-3-8-27-15)22-24(11)13-6-4-5-12(10-13)18(19,20)21/h4-6,9-10,15H,2-3,7-8H2,1H3,(H,23,26)/t15-/m1/s1. The molecule has 0 saturated carbocycles. The van der Waals surface area contributed by atoms with Crippen LogP contribution in [0.4, 0.5) is 13.2 Å². The third-order valence-electron chi connectivity index (χ3n) is 4.16. The van der Waals surface area contributed by atoms with E-state index in [9.17, 15) is 22.8 Å². The second-order valence-electron chi connectivity index (χ2n) is 6.30. The van der Waals surface area contributed by atoms with Crippen molar-refractivity contribution in [1.82, 2.24) is 15.3 Å². The number of halogens is 3. The van der Waals surface area contributed by atoms with Crippen LogP contribution in [0.3, 0.4) is 0 Å². The number of nitrogens with one attached hydrogen (secondary N) is 1. The summed E-state index contributed by atoms with van der Waals surface area (Å²) in [6.45, 7) is 2.01. The van der Waals surface area contributed by atoms with Gasteiger partial charge in [0.25, 0.3) is 5.91 Å². The highest BCUT2D eigenvalue weighted by molar-refractivity contribution is 5.91. The summed E-state index contributed by atoms with van der Waals surface area (Å²) >= 11 is 0. The molecule has 0 bridgehead atoms. The van der Waals surface area contributed by atoms with E-state index in [1.54, 1.807) is 0 Å². The lowest BCUT2D eigenvalue weighted by Crippen LogP contribution is -2.36. The van der Waals surface area contributed by atoms with Crippen molar-refractivity contribution in [3.05, 3.63) is 57.5 Å². The molecule has 0 radical (unpaired) electrons. The molecule has 0 spiro atoms. The number of alkyl halides is 3. The van der Waals surface area contributed by atoms with Gasteiger partial charge in [-0.15, -0.1) is 0 Å². The fraction of sp³-hybridized carbons (Fsp3) is 0.389. The zero-order valence-corrected chi connectivity index (χ0v) is 15.0. The van der Waals surface area contributed by atoms with E-state index < -0.39 is 35.1 Å². The van der Waals surface area contributed by atoms with E-state index in [1.807, 2.05) is 0 Å². The van der Waals surface area contributed by atoms with Crippen molar-refractivity contribution in [2.45, 2.75) is 38.7 Å². The van der Waals surface area contributed by atoms with Crippen LogP contribution < -0.4 is 10.9 Å². The van der Waals surface area contributed by atoms with Crippen molar-refractivity contribution in [2.24, 2.45) is 0 Å². The number of nitrogens with zero attached hydrogens (tertiary/aromatic N) is 2. The molecule has 2 heterocycles. The zero-order chi connectivity index (χ0) is 20.3. The monoisotopic (exact) mass is 397 g/mol. The normalized spacial score (nSPS) is 17.4. The number of carbonyl (C=O) groups is 1. The molecule has 28 heavy (non-hydrogen) atoms. The Bertz CT molecular complexity index is 921. The SMILES string of the molecule is Cc1cc(=O)c(C(=O)NO[C@@H]2CCCCO2)nn1-c1cccc(C(F)(F)F)c1. The number of hydroxylamine groups is 1. The Morgan fingerprint density at radius 1 is 1.32 bits per heavy atom. The summed E-state index contributed by atoms with van der Waals surface area (Å²) < 4.78 is 45.3. The summed E-state index contributed by atoms with van der Waals surface area (Å²) in [6, 6.07) is 5.55. The van der Waals surface area contributed by atoms with Gasteiger partial charge in [0, 0.05) is 24.8 Å². The van der Waals surface area contributed by atoms with Gasteiger partial charge in [0.15, 0.2) is 12.0 Å². The van der Waals surface area contributed by atoms with Gasteiger partial charge >= 0.3 is 6.18 Å². The third-order valence-corrected chi connectivity index (χ3v) is 4.16. The highest BCUT2D eigenvalue weighted by Gasteiger charge is 2.30. The lowest BCUT2D eigenvalue weighted by atomic mass is 10.2. The van der Waals surface area contributed by atoms with E-state index in [4.69, 9.17) is 9.57 Å². The first-order chi connectivity index (χ1) is 13.3. The summed E-state index contributed by atoms with van der Waals surface area (Å²) in [6.07, 6.45) is -2.78. The first-order valence-corrected chi connectivity index (χ1v) is 8.62. The van der Waals surface area contributed by atoms with Crippen LogP contribution in [0.15, 0.2) is 35.1 Å². The fourth-order valence-electron chi connectivity index (χ4n) is 2.75. The molecule has 0 unspecified atom stereocenters. The second kappa shape index (κ2) is 8.11. The minimum absolute atomic E-state index is 0.0675. The van der Waals surface area contributed by atoms with E-state index in [0.29, 0.717) is 13.0 Å². The van der Waals surface area contributed by atoms with Gasteiger partial charge in [-0.3, -0.25) is 9.59 Å². The smallest absolute Gasteiger partial charge is 0.350 e. The topological polar surface area (TPSA) is 82.5 Å². The molecule has 1 aliphatic rings. The Kier molecular flexibility index (Phi) is 5.80. The van der Waals surface area contributed by atoms with E-state index >= 15 is 0 Å². The molecule has 1 atom stereocenters. The van der Waals surface area contributed by atoms with Crippen LogP contribution in [0.25, 0.3) is 5.69 Å². The Balaban J connectivity index is 1.86. The number of aromatic nitrogens is 2. The van der Waals surface area contributed by atoms with Crippen LogP contribution in [-0.2, 0) is 15.8 Å². The molecule has 10 heteroatoms. The molecule has 150 valence electrons. The number of carbonyl (C=O) groups excluding carboxylic acids is 1. The van der Waals surface area contributed by atoms with Crippen molar-refractivity contribution < 1.29 is 27.5 Å². The maximum absolute atomic E-state index is 13.0. The van der Waals surface area contributed by atoms with Crippen molar-refractivity contribution in [2.75, 3.05) is 6.61 Å². The molecule has 2 aromatic rings. The molecule has 3 rings (SSSR count). The van der Waals surface area contributed by atoms with Gasteiger partial charge in [0.2, 0.25) is 5.43 Å². The number of amides is 1. The summed E-state index contributed by atoms with van der Waals surface area (Å²) in [4.78, 5) is 29.6. The molecule has 1 fully saturated rings. The maximum atomic E-state index is 13.0. The average molecular weight is 397 g/mol. The van der Waals surface area contributed by atoms with Gasteiger partial charge in [-0.2, -0.15) is 18.3 Å². The van der Waals surface area contributed by atoms with Crippen molar-refractivity contribution in [3.8, 4) is 5.69 Å². The molecule has 1 amide bonds. The van der Waals surface area contributed by atoms with Gasteiger partial charge in [-0.25, -0.2) is 15.0 Å². The Morgan fingerprint density at radius 2 is 2.11 bits per heavy atom. The maximum Gasteiger partial charge on any atom is 0.416 e.